The first-order valence-electron chi connectivity index (χ1n) is 28.6. The van der Waals surface area contributed by atoms with Crippen molar-refractivity contribution < 1.29 is 42.9 Å². The smallest absolute Gasteiger partial charge is 0.361 e. The first-order valence-corrected chi connectivity index (χ1v) is 28.6. The molecule has 420 valence electrons. The Morgan fingerprint density at radius 3 is 1.12 bits per heavy atom. The summed E-state index contributed by atoms with van der Waals surface area (Å²) in [6.07, 6.45) is 79.2. The van der Waals surface area contributed by atoms with Gasteiger partial charge in [0.05, 0.1) is 34.4 Å². The third kappa shape index (κ3) is 56.5. The SMILES string of the molecule is CC/C=C\C/C=C\C/C=C\C/C=C\C/C=C\C/C=C\C/C=C\C/C=C\C/C=C\CCCCCCCCCCCC(=O)OC(COC(=O)CC/C=C\C/C=C\C/C=C\C/C=C\CC)COC(OCC[N+](C)(C)C)C(=O)O. The third-order valence-corrected chi connectivity index (χ3v) is 11.3. The molecule has 9 heteroatoms. The minimum Gasteiger partial charge on any atom is -0.477 e. The minimum atomic E-state index is -1.54. The predicted octanol–water partition coefficient (Wildman–Crippen LogP) is 17.0. The van der Waals surface area contributed by atoms with Crippen molar-refractivity contribution in [2.75, 3.05) is 47.5 Å². The fourth-order valence-corrected chi connectivity index (χ4v) is 6.96. The molecule has 75 heavy (non-hydrogen) atoms. The Morgan fingerprint density at radius 1 is 0.400 bits per heavy atom. The Balaban J connectivity index is 4.24. The zero-order valence-electron chi connectivity index (χ0n) is 47.6. The van der Waals surface area contributed by atoms with E-state index in [1.54, 1.807) is 0 Å². The summed E-state index contributed by atoms with van der Waals surface area (Å²) in [7, 11) is 5.93. The molecule has 0 aliphatic carbocycles. The van der Waals surface area contributed by atoms with Gasteiger partial charge in [-0.1, -0.05) is 217 Å². The number of unbranched alkanes of at least 4 members (excludes halogenated alkanes) is 9. The molecular formula is C66H104NO8+. The summed E-state index contributed by atoms with van der Waals surface area (Å²) in [5, 5.41) is 9.67. The van der Waals surface area contributed by atoms with Crippen LogP contribution in [0, 0.1) is 0 Å². The molecule has 0 aromatic carbocycles. The fourth-order valence-electron chi connectivity index (χ4n) is 6.96. The fraction of sp³-hybridized carbons (Fsp3) is 0.561. The number of nitrogens with zero attached hydrogens (tertiary/aromatic N) is 1. The number of ether oxygens (including phenoxy) is 4. The molecule has 0 aromatic heterocycles. The molecule has 0 spiro atoms. The van der Waals surface area contributed by atoms with Crippen molar-refractivity contribution in [1.29, 1.82) is 0 Å². The maximum absolute atomic E-state index is 12.8. The average molecular weight is 1040 g/mol. The number of rotatable bonds is 50. The van der Waals surface area contributed by atoms with Crippen LogP contribution in [-0.4, -0.2) is 87.4 Å². The van der Waals surface area contributed by atoms with Crippen LogP contribution in [-0.2, 0) is 33.3 Å². The first-order chi connectivity index (χ1) is 36.6. The van der Waals surface area contributed by atoms with Crippen molar-refractivity contribution in [3.8, 4) is 0 Å². The average Bonchev–Trinajstić information content (AvgIpc) is 3.38. The van der Waals surface area contributed by atoms with Crippen LogP contribution in [0.15, 0.2) is 158 Å². The zero-order valence-corrected chi connectivity index (χ0v) is 47.6. The molecule has 0 aliphatic heterocycles. The lowest BCUT2D eigenvalue weighted by Crippen LogP contribution is -2.40. The van der Waals surface area contributed by atoms with Crippen LogP contribution in [0.1, 0.15) is 181 Å². The van der Waals surface area contributed by atoms with Gasteiger partial charge < -0.3 is 28.5 Å². The van der Waals surface area contributed by atoms with Gasteiger partial charge in [-0.25, -0.2) is 4.79 Å². The lowest BCUT2D eigenvalue weighted by molar-refractivity contribution is -0.870. The molecule has 0 saturated heterocycles. The number of aliphatic carboxylic acids is 1. The molecule has 1 N–H and O–H groups in total. The van der Waals surface area contributed by atoms with Gasteiger partial charge in [-0.2, -0.15) is 0 Å². The second-order valence-corrected chi connectivity index (χ2v) is 19.5. The number of quaternary nitrogens is 1. The van der Waals surface area contributed by atoms with E-state index in [1.165, 1.54) is 32.1 Å². The van der Waals surface area contributed by atoms with Crippen molar-refractivity contribution >= 4 is 17.9 Å². The normalized spacial score (nSPS) is 14.0. The van der Waals surface area contributed by atoms with Gasteiger partial charge in [0.2, 0.25) is 0 Å². The maximum atomic E-state index is 12.8. The number of allylic oxidation sites excluding steroid dienone is 26. The Bertz CT molecular complexity index is 1780. The molecule has 2 atom stereocenters. The van der Waals surface area contributed by atoms with E-state index in [2.05, 4.69) is 160 Å². The number of hydrogen-bond donors (Lipinski definition) is 1. The van der Waals surface area contributed by atoms with Crippen molar-refractivity contribution in [3.63, 3.8) is 0 Å². The molecule has 0 bridgehead atoms. The van der Waals surface area contributed by atoms with Gasteiger partial charge in [-0.15, -0.1) is 0 Å². The second-order valence-electron chi connectivity index (χ2n) is 19.5. The Hall–Kier alpha value is -5.09. The molecule has 0 saturated carbocycles. The van der Waals surface area contributed by atoms with E-state index < -0.39 is 30.3 Å². The van der Waals surface area contributed by atoms with E-state index >= 15 is 0 Å². The summed E-state index contributed by atoms with van der Waals surface area (Å²) in [5.74, 6) is -2.14. The molecule has 0 aliphatic rings. The van der Waals surface area contributed by atoms with Crippen LogP contribution in [0.3, 0.4) is 0 Å². The van der Waals surface area contributed by atoms with Crippen LogP contribution < -0.4 is 0 Å². The number of carboxylic acid groups (broad SMARTS) is 1. The number of carbonyl (C=O) groups excluding carboxylic acids is 2. The summed E-state index contributed by atoms with van der Waals surface area (Å²) in [6.45, 7) is 4.51. The Kier molecular flexibility index (Phi) is 51.4. The molecule has 0 aromatic rings. The van der Waals surface area contributed by atoms with Crippen LogP contribution in [0.25, 0.3) is 0 Å². The van der Waals surface area contributed by atoms with E-state index in [0.29, 0.717) is 23.9 Å². The quantitative estimate of drug-likeness (QED) is 0.0211. The molecule has 0 fully saturated rings. The lowest BCUT2D eigenvalue weighted by Gasteiger charge is -2.25. The zero-order chi connectivity index (χ0) is 54.8. The van der Waals surface area contributed by atoms with Crippen LogP contribution in [0.4, 0.5) is 0 Å². The van der Waals surface area contributed by atoms with Gasteiger partial charge in [0.15, 0.2) is 6.10 Å². The highest BCUT2D eigenvalue weighted by Gasteiger charge is 2.25. The minimum absolute atomic E-state index is 0.167. The number of carbonyl (C=O) groups is 3. The van der Waals surface area contributed by atoms with Crippen LogP contribution in [0.2, 0.25) is 0 Å². The number of likely N-dealkylation sites (N-methyl/N-ethyl adjacent to an activating group) is 1. The van der Waals surface area contributed by atoms with Crippen molar-refractivity contribution in [1.82, 2.24) is 0 Å². The summed E-state index contributed by atoms with van der Waals surface area (Å²) in [5.41, 5.74) is 0. The van der Waals surface area contributed by atoms with Crippen LogP contribution in [0.5, 0.6) is 0 Å². The first kappa shape index (κ1) is 69.9. The molecule has 0 amide bonds. The van der Waals surface area contributed by atoms with Crippen molar-refractivity contribution in [3.05, 3.63) is 158 Å². The molecular weight excluding hydrogens is 935 g/mol. The largest absolute Gasteiger partial charge is 0.477 e. The van der Waals surface area contributed by atoms with Gasteiger partial charge in [-0.3, -0.25) is 9.59 Å². The van der Waals surface area contributed by atoms with Crippen molar-refractivity contribution in [2.24, 2.45) is 0 Å². The summed E-state index contributed by atoms with van der Waals surface area (Å²) >= 11 is 0. The highest BCUT2D eigenvalue weighted by molar-refractivity contribution is 5.71. The standard InChI is InChI=1S/C66H103NO8/c1-6-8-10-12-14-16-18-20-21-22-23-24-25-26-27-28-29-30-31-32-33-34-35-36-37-38-39-40-41-42-43-45-47-49-51-53-55-57-64(69)75-62(61-74-66(65(70)71)72-59-58-67(3,4)5)60-73-63(68)56-54-52-50-48-46-44-19-17-15-13-11-9-7-2/h8-11,14-17,20-21,23-24,26-27,29-30,32-33,35-36,38-39,44,46,50,52,62,66H,6-7,12-13,18-19,22,25,28,31,34,37,40-43,45,47-49,51,53-61H2,1-5H3/p+1/b10-8-,11-9-,16-14-,17-15-,21-20-,24-23-,27-26-,30-29-,33-32-,36-35-,39-38-,46-44-,52-50-. The number of carboxylic acids is 1. The highest BCUT2D eigenvalue weighted by Crippen LogP contribution is 2.13. The summed E-state index contributed by atoms with van der Waals surface area (Å²) < 4.78 is 22.7. The molecule has 9 nitrogen and oxygen atoms in total. The van der Waals surface area contributed by atoms with E-state index in [9.17, 15) is 19.5 Å². The van der Waals surface area contributed by atoms with E-state index in [-0.39, 0.29) is 32.7 Å². The molecule has 2 unspecified atom stereocenters. The van der Waals surface area contributed by atoms with Crippen LogP contribution >= 0.6 is 0 Å². The summed E-state index contributed by atoms with van der Waals surface area (Å²) in [6, 6.07) is 0. The Morgan fingerprint density at radius 2 is 0.747 bits per heavy atom. The topological polar surface area (TPSA) is 108 Å². The lowest BCUT2D eigenvalue weighted by atomic mass is 10.1. The second kappa shape index (κ2) is 55.2. The molecule has 0 rings (SSSR count). The number of esters is 2. The van der Waals surface area contributed by atoms with Gasteiger partial charge in [0.25, 0.3) is 6.29 Å². The monoisotopic (exact) mass is 1040 g/mol. The highest BCUT2D eigenvalue weighted by atomic mass is 16.7. The number of hydrogen-bond acceptors (Lipinski definition) is 7. The Labute approximate surface area is 457 Å². The molecule has 0 radical (unpaired) electrons. The van der Waals surface area contributed by atoms with E-state index in [0.717, 1.165) is 109 Å². The van der Waals surface area contributed by atoms with E-state index in [1.807, 2.05) is 33.3 Å². The van der Waals surface area contributed by atoms with Gasteiger partial charge in [-0.05, 0) is 109 Å². The molecule has 0 heterocycles. The van der Waals surface area contributed by atoms with Gasteiger partial charge in [0.1, 0.15) is 13.2 Å². The summed E-state index contributed by atoms with van der Waals surface area (Å²) in [4.78, 5) is 37.3. The van der Waals surface area contributed by atoms with Gasteiger partial charge in [0, 0.05) is 12.8 Å². The predicted molar refractivity (Wildman–Crippen MR) is 317 cm³/mol. The van der Waals surface area contributed by atoms with E-state index in [4.69, 9.17) is 18.9 Å². The maximum Gasteiger partial charge on any atom is 0.361 e. The van der Waals surface area contributed by atoms with Gasteiger partial charge >= 0.3 is 17.9 Å². The van der Waals surface area contributed by atoms with Crippen molar-refractivity contribution in [2.45, 2.75) is 193 Å². The third-order valence-electron chi connectivity index (χ3n) is 11.3.